The Hall–Kier alpha value is -1.40. The van der Waals surface area contributed by atoms with Crippen LogP contribution in [0, 0.1) is 6.92 Å². The topological polar surface area (TPSA) is 93.0 Å². The van der Waals surface area contributed by atoms with E-state index in [-0.39, 0.29) is 12.0 Å². The van der Waals surface area contributed by atoms with Crippen LogP contribution in [-0.2, 0) is 16.0 Å². The van der Waals surface area contributed by atoms with Crippen molar-refractivity contribution in [2.24, 2.45) is 5.73 Å². The summed E-state index contributed by atoms with van der Waals surface area (Å²) in [5.41, 5.74) is 7.73. The number of ether oxygens (including phenoxy) is 1. The van der Waals surface area contributed by atoms with E-state index in [1.807, 2.05) is 13.1 Å². The summed E-state index contributed by atoms with van der Waals surface area (Å²) in [5.74, 6) is -0.0174. The lowest BCUT2D eigenvalue weighted by molar-refractivity contribution is -0.123. The zero-order valence-electron chi connectivity index (χ0n) is 11.0. The van der Waals surface area contributed by atoms with E-state index in [0.29, 0.717) is 19.5 Å². The van der Waals surface area contributed by atoms with Crippen molar-refractivity contribution in [3.63, 3.8) is 0 Å². The molecule has 0 radical (unpaired) electrons. The lowest BCUT2D eigenvalue weighted by atomic mass is 10.1. The van der Waals surface area contributed by atoms with Crippen molar-refractivity contribution in [1.29, 1.82) is 0 Å². The molecule has 6 nitrogen and oxygen atoms in total. The van der Waals surface area contributed by atoms with Crippen molar-refractivity contribution in [2.75, 3.05) is 20.2 Å². The van der Waals surface area contributed by atoms with Gasteiger partial charge >= 0.3 is 0 Å². The second kappa shape index (κ2) is 7.84. The van der Waals surface area contributed by atoms with Crippen LogP contribution in [0.2, 0.25) is 0 Å². The molecule has 18 heavy (non-hydrogen) atoms. The van der Waals surface area contributed by atoms with E-state index in [4.69, 9.17) is 10.5 Å². The Morgan fingerprint density at radius 1 is 1.67 bits per heavy atom. The Labute approximate surface area is 107 Å². The Kier molecular flexibility index (Phi) is 6.38. The quantitative estimate of drug-likeness (QED) is 0.575. The van der Waals surface area contributed by atoms with E-state index in [9.17, 15) is 4.79 Å². The third-order valence-electron chi connectivity index (χ3n) is 2.89. The van der Waals surface area contributed by atoms with Crippen LogP contribution in [0.15, 0.2) is 6.20 Å². The van der Waals surface area contributed by atoms with Gasteiger partial charge in [-0.25, -0.2) is 0 Å². The molecule has 0 aliphatic rings. The van der Waals surface area contributed by atoms with Crippen LogP contribution in [0.4, 0.5) is 0 Å². The monoisotopic (exact) mass is 254 g/mol. The van der Waals surface area contributed by atoms with Gasteiger partial charge < -0.3 is 15.8 Å². The SMILES string of the molecule is COC(CN)CC(=O)NCCCc1cn[nH]c1C. The van der Waals surface area contributed by atoms with Crippen LogP contribution in [0.25, 0.3) is 0 Å². The molecule has 0 saturated heterocycles. The molecule has 1 unspecified atom stereocenters. The number of hydrogen-bond acceptors (Lipinski definition) is 4. The van der Waals surface area contributed by atoms with Crippen LogP contribution in [0.1, 0.15) is 24.1 Å². The minimum atomic E-state index is -0.193. The number of nitrogens with two attached hydrogens (primary N) is 1. The van der Waals surface area contributed by atoms with Crippen LogP contribution in [0.3, 0.4) is 0 Å². The van der Waals surface area contributed by atoms with E-state index >= 15 is 0 Å². The summed E-state index contributed by atoms with van der Waals surface area (Å²) in [5, 5.41) is 9.70. The van der Waals surface area contributed by atoms with Crippen LogP contribution in [0.5, 0.6) is 0 Å². The normalized spacial score (nSPS) is 12.4. The highest BCUT2D eigenvalue weighted by Gasteiger charge is 2.10. The molecule has 6 heteroatoms. The number of carbonyl (C=O) groups is 1. The van der Waals surface area contributed by atoms with E-state index in [2.05, 4.69) is 15.5 Å². The minimum absolute atomic E-state index is 0.0174. The summed E-state index contributed by atoms with van der Waals surface area (Å²) in [6.07, 6.45) is 3.75. The van der Waals surface area contributed by atoms with Gasteiger partial charge in [-0.3, -0.25) is 9.89 Å². The summed E-state index contributed by atoms with van der Waals surface area (Å²) in [6, 6.07) is 0. The average molecular weight is 254 g/mol. The van der Waals surface area contributed by atoms with Gasteiger partial charge in [0.15, 0.2) is 0 Å². The predicted octanol–water partition coefficient (Wildman–Crippen LogP) is 0.131. The van der Waals surface area contributed by atoms with Gasteiger partial charge in [0.1, 0.15) is 0 Å². The van der Waals surface area contributed by atoms with Gasteiger partial charge in [0, 0.05) is 25.9 Å². The fourth-order valence-electron chi connectivity index (χ4n) is 1.68. The first-order valence-electron chi connectivity index (χ1n) is 6.15. The molecule has 0 aliphatic heterocycles. The number of H-pyrrole nitrogens is 1. The molecule has 1 aromatic heterocycles. The standard InChI is InChI=1S/C12H22N4O2/c1-9-10(8-15-16-9)4-3-5-14-12(17)6-11(7-13)18-2/h8,11H,3-7,13H2,1-2H3,(H,14,17)(H,15,16). The number of hydrogen-bond donors (Lipinski definition) is 3. The third kappa shape index (κ3) is 4.85. The zero-order chi connectivity index (χ0) is 13.4. The smallest absolute Gasteiger partial charge is 0.222 e. The number of nitrogens with zero attached hydrogens (tertiary/aromatic N) is 1. The first-order valence-corrected chi connectivity index (χ1v) is 6.15. The molecule has 1 heterocycles. The molecule has 0 spiro atoms. The van der Waals surface area contributed by atoms with Gasteiger partial charge in [0.05, 0.1) is 18.7 Å². The van der Waals surface area contributed by atoms with Crippen molar-refractivity contribution in [3.8, 4) is 0 Å². The van der Waals surface area contributed by atoms with Crippen LogP contribution < -0.4 is 11.1 Å². The summed E-state index contributed by atoms with van der Waals surface area (Å²) in [7, 11) is 1.56. The molecular formula is C12H22N4O2. The zero-order valence-corrected chi connectivity index (χ0v) is 11.0. The second-order valence-electron chi connectivity index (χ2n) is 4.27. The molecule has 0 saturated carbocycles. The summed E-state index contributed by atoms with van der Waals surface area (Å²) in [6.45, 7) is 3.01. The summed E-state index contributed by atoms with van der Waals surface area (Å²) in [4.78, 5) is 11.5. The summed E-state index contributed by atoms with van der Waals surface area (Å²) >= 11 is 0. The lowest BCUT2D eigenvalue weighted by Gasteiger charge is -2.12. The maximum atomic E-state index is 11.5. The molecule has 0 aromatic carbocycles. The Morgan fingerprint density at radius 3 is 3.00 bits per heavy atom. The van der Waals surface area contributed by atoms with E-state index in [1.165, 1.54) is 5.56 Å². The number of rotatable bonds is 8. The highest BCUT2D eigenvalue weighted by Crippen LogP contribution is 2.05. The largest absolute Gasteiger partial charge is 0.380 e. The molecule has 4 N–H and O–H groups in total. The number of aromatic nitrogens is 2. The molecular weight excluding hydrogens is 232 g/mol. The average Bonchev–Trinajstić information content (AvgIpc) is 2.77. The Bertz CT molecular complexity index is 361. The van der Waals surface area contributed by atoms with Crippen molar-refractivity contribution in [1.82, 2.24) is 15.5 Å². The number of aromatic amines is 1. The predicted molar refractivity (Wildman–Crippen MR) is 69.1 cm³/mol. The first kappa shape index (κ1) is 14.7. The molecule has 1 atom stereocenters. The molecule has 1 rings (SSSR count). The molecule has 1 aromatic rings. The number of amides is 1. The first-order chi connectivity index (χ1) is 8.67. The van der Waals surface area contributed by atoms with E-state index in [0.717, 1.165) is 18.5 Å². The minimum Gasteiger partial charge on any atom is -0.380 e. The van der Waals surface area contributed by atoms with Crippen molar-refractivity contribution < 1.29 is 9.53 Å². The molecule has 0 aliphatic carbocycles. The second-order valence-corrected chi connectivity index (χ2v) is 4.27. The number of nitrogens with one attached hydrogen (secondary N) is 2. The number of aryl methyl sites for hydroxylation is 2. The third-order valence-corrected chi connectivity index (χ3v) is 2.89. The summed E-state index contributed by atoms with van der Waals surface area (Å²) < 4.78 is 5.05. The molecule has 1 amide bonds. The maximum Gasteiger partial charge on any atom is 0.222 e. The van der Waals surface area contributed by atoms with Gasteiger partial charge in [-0.2, -0.15) is 5.10 Å². The number of carbonyl (C=O) groups excluding carboxylic acids is 1. The van der Waals surface area contributed by atoms with Gasteiger partial charge in [-0.05, 0) is 25.3 Å². The number of methoxy groups -OCH3 is 1. The van der Waals surface area contributed by atoms with Gasteiger partial charge in [-0.1, -0.05) is 0 Å². The van der Waals surface area contributed by atoms with Crippen molar-refractivity contribution in [2.45, 2.75) is 32.3 Å². The van der Waals surface area contributed by atoms with E-state index in [1.54, 1.807) is 7.11 Å². The maximum absolute atomic E-state index is 11.5. The fraction of sp³-hybridized carbons (Fsp3) is 0.667. The van der Waals surface area contributed by atoms with Crippen LogP contribution >= 0.6 is 0 Å². The molecule has 102 valence electrons. The highest BCUT2D eigenvalue weighted by atomic mass is 16.5. The van der Waals surface area contributed by atoms with Gasteiger partial charge in [-0.15, -0.1) is 0 Å². The molecule has 0 bridgehead atoms. The highest BCUT2D eigenvalue weighted by molar-refractivity contribution is 5.76. The fourth-order valence-corrected chi connectivity index (χ4v) is 1.68. The lowest BCUT2D eigenvalue weighted by Crippen LogP contribution is -2.32. The molecule has 0 fully saturated rings. The van der Waals surface area contributed by atoms with E-state index < -0.39 is 0 Å². The van der Waals surface area contributed by atoms with Crippen molar-refractivity contribution in [3.05, 3.63) is 17.5 Å². The van der Waals surface area contributed by atoms with Crippen molar-refractivity contribution >= 4 is 5.91 Å². The van der Waals surface area contributed by atoms with Crippen LogP contribution in [-0.4, -0.2) is 42.4 Å². The Morgan fingerprint density at radius 2 is 2.44 bits per heavy atom. The Balaban J connectivity index is 2.14. The van der Waals surface area contributed by atoms with Gasteiger partial charge in [0.25, 0.3) is 0 Å². The van der Waals surface area contributed by atoms with Gasteiger partial charge in [0.2, 0.25) is 5.91 Å².